The summed E-state index contributed by atoms with van der Waals surface area (Å²) in [6.45, 7) is 3.64. The number of nitrogens with zero attached hydrogens (tertiary/aromatic N) is 3. The zero-order valence-corrected chi connectivity index (χ0v) is 11.4. The van der Waals surface area contributed by atoms with E-state index in [-0.39, 0.29) is 5.78 Å². The molecule has 0 amide bonds. The molecule has 2 rings (SSSR count). The molecule has 2 aromatic heterocycles. The molecule has 5 nitrogen and oxygen atoms in total. The van der Waals surface area contributed by atoms with Crippen LogP contribution >= 0.6 is 11.6 Å². The van der Waals surface area contributed by atoms with Crippen molar-refractivity contribution in [2.75, 3.05) is 5.32 Å². The van der Waals surface area contributed by atoms with E-state index >= 15 is 0 Å². The summed E-state index contributed by atoms with van der Waals surface area (Å²) in [5.41, 5.74) is 1.27. The summed E-state index contributed by atoms with van der Waals surface area (Å²) in [4.78, 5) is 15.7. The number of carbonyl (C=O) groups excluding carboxylic acids is 1. The van der Waals surface area contributed by atoms with Crippen LogP contribution in [0.4, 0.5) is 11.6 Å². The number of carbonyl (C=O) groups is 1. The van der Waals surface area contributed by atoms with E-state index in [2.05, 4.69) is 20.5 Å². The van der Waals surface area contributed by atoms with Crippen LogP contribution in [0.25, 0.3) is 0 Å². The molecule has 0 saturated heterocycles. The second-order valence-corrected chi connectivity index (χ2v) is 4.42. The molecule has 0 aliphatic carbocycles. The van der Waals surface area contributed by atoms with Crippen LogP contribution in [-0.4, -0.2) is 21.0 Å². The van der Waals surface area contributed by atoms with Crippen LogP contribution in [-0.2, 0) is 0 Å². The van der Waals surface area contributed by atoms with Crippen molar-refractivity contribution in [2.45, 2.75) is 20.3 Å². The summed E-state index contributed by atoms with van der Waals surface area (Å²) in [5.74, 6) is 1.07. The van der Waals surface area contributed by atoms with Gasteiger partial charge in [-0.25, -0.2) is 4.98 Å². The molecule has 0 unspecified atom stereocenters. The summed E-state index contributed by atoms with van der Waals surface area (Å²) >= 11 is 6.06. The van der Waals surface area contributed by atoms with Crippen molar-refractivity contribution in [3.63, 3.8) is 0 Å². The lowest BCUT2D eigenvalue weighted by atomic mass is 10.1. The third-order valence-electron chi connectivity index (χ3n) is 2.53. The highest BCUT2D eigenvalue weighted by Crippen LogP contribution is 2.21. The lowest BCUT2D eigenvalue weighted by Gasteiger charge is -2.06. The van der Waals surface area contributed by atoms with E-state index in [1.807, 2.05) is 13.0 Å². The van der Waals surface area contributed by atoms with Gasteiger partial charge in [0.15, 0.2) is 11.6 Å². The summed E-state index contributed by atoms with van der Waals surface area (Å²) < 4.78 is 0. The van der Waals surface area contributed by atoms with E-state index in [4.69, 9.17) is 11.6 Å². The molecule has 0 spiro atoms. The highest BCUT2D eigenvalue weighted by Gasteiger charge is 2.10. The monoisotopic (exact) mass is 276 g/mol. The predicted octanol–water partition coefficient (Wildman–Crippen LogP) is 3.17. The third-order valence-corrected chi connectivity index (χ3v) is 2.84. The number of ketones is 1. The molecule has 2 aromatic rings. The third kappa shape index (κ3) is 3.26. The van der Waals surface area contributed by atoms with Crippen LogP contribution in [0.2, 0.25) is 5.02 Å². The highest BCUT2D eigenvalue weighted by molar-refractivity contribution is 6.34. The van der Waals surface area contributed by atoms with Gasteiger partial charge in [-0.05, 0) is 19.1 Å². The molecule has 0 atom stereocenters. The van der Waals surface area contributed by atoms with E-state index in [0.717, 1.165) is 5.69 Å². The Kier molecular flexibility index (Phi) is 4.06. The number of hydrogen-bond acceptors (Lipinski definition) is 5. The van der Waals surface area contributed by atoms with Gasteiger partial charge in [-0.3, -0.25) is 4.79 Å². The first-order valence-electron chi connectivity index (χ1n) is 5.86. The summed E-state index contributed by atoms with van der Waals surface area (Å²) in [6, 6.07) is 5.24. The van der Waals surface area contributed by atoms with Crippen LogP contribution < -0.4 is 5.32 Å². The van der Waals surface area contributed by atoms with Crippen LogP contribution in [0.3, 0.4) is 0 Å². The van der Waals surface area contributed by atoms with Crippen molar-refractivity contribution in [3.8, 4) is 0 Å². The topological polar surface area (TPSA) is 67.8 Å². The number of aryl methyl sites for hydroxylation is 1. The van der Waals surface area contributed by atoms with Crippen molar-refractivity contribution >= 4 is 29.0 Å². The number of hydrogen-bond donors (Lipinski definition) is 1. The number of pyridine rings is 1. The van der Waals surface area contributed by atoms with Gasteiger partial charge < -0.3 is 5.32 Å². The Balaban J connectivity index is 2.20. The maximum absolute atomic E-state index is 11.6. The molecule has 0 fully saturated rings. The van der Waals surface area contributed by atoms with E-state index < -0.39 is 0 Å². The molecule has 0 aliphatic heterocycles. The number of nitrogens with one attached hydrogen (secondary N) is 1. The standard InChI is InChI=1S/C13H13ClN4O/c1-3-11(19)9-7-15-13(6-10(9)14)16-12-5-4-8(2)17-18-12/h4-7H,3H2,1-2H3,(H,15,16,18). The Hall–Kier alpha value is -2.01. The van der Waals surface area contributed by atoms with Crippen molar-refractivity contribution in [1.82, 2.24) is 15.2 Å². The van der Waals surface area contributed by atoms with Gasteiger partial charge in [0.05, 0.1) is 16.3 Å². The number of halogens is 1. The van der Waals surface area contributed by atoms with Gasteiger partial charge >= 0.3 is 0 Å². The van der Waals surface area contributed by atoms with Gasteiger partial charge in [0, 0.05) is 18.7 Å². The Morgan fingerprint density at radius 1 is 1.32 bits per heavy atom. The molecular formula is C13H13ClN4O. The average molecular weight is 277 g/mol. The van der Waals surface area contributed by atoms with Crippen molar-refractivity contribution in [1.29, 1.82) is 0 Å². The molecule has 0 radical (unpaired) electrons. The number of Topliss-reactive ketones (excluding diaryl/α,β-unsaturated/α-hetero) is 1. The second kappa shape index (κ2) is 5.75. The Morgan fingerprint density at radius 2 is 2.11 bits per heavy atom. The average Bonchev–Trinajstić information content (AvgIpc) is 2.41. The van der Waals surface area contributed by atoms with Gasteiger partial charge in [-0.2, -0.15) is 5.10 Å². The molecular weight excluding hydrogens is 264 g/mol. The summed E-state index contributed by atoms with van der Waals surface area (Å²) in [5, 5.41) is 11.2. The molecule has 0 aliphatic rings. The molecule has 1 N–H and O–H groups in total. The lowest BCUT2D eigenvalue weighted by molar-refractivity contribution is 0.0988. The van der Waals surface area contributed by atoms with Crippen molar-refractivity contribution < 1.29 is 4.79 Å². The van der Waals surface area contributed by atoms with Gasteiger partial charge in [0.25, 0.3) is 0 Å². The molecule has 2 heterocycles. The minimum Gasteiger partial charge on any atom is -0.323 e. The van der Waals surface area contributed by atoms with Gasteiger partial charge in [-0.1, -0.05) is 18.5 Å². The first-order valence-corrected chi connectivity index (χ1v) is 6.24. The maximum atomic E-state index is 11.6. The van der Waals surface area contributed by atoms with Crippen LogP contribution in [0.1, 0.15) is 29.4 Å². The Morgan fingerprint density at radius 3 is 2.68 bits per heavy atom. The molecule has 0 aromatic carbocycles. The highest BCUT2D eigenvalue weighted by atomic mass is 35.5. The number of rotatable bonds is 4. The van der Waals surface area contributed by atoms with Crippen LogP contribution in [0.15, 0.2) is 24.4 Å². The van der Waals surface area contributed by atoms with Gasteiger partial charge in [-0.15, -0.1) is 5.10 Å². The molecule has 98 valence electrons. The number of anilines is 2. The van der Waals surface area contributed by atoms with E-state index in [0.29, 0.717) is 28.6 Å². The molecule has 0 saturated carbocycles. The smallest absolute Gasteiger partial charge is 0.165 e. The fourth-order valence-corrected chi connectivity index (χ4v) is 1.75. The minimum absolute atomic E-state index is 0.0285. The summed E-state index contributed by atoms with van der Waals surface area (Å²) in [6.07, 6.45) is 1.87. The number of aromatic nitrogens is 3. The zero-order valence-electron chi connectivity index (χ0n) is 10.6. The maximum Gasteiger partial charge on any atom is 0.165 e. The normalized spacial score (nSPS) is 10.3. The fourth-order valence-electron chi connectivity index (χ4n) is 1.49. The second-order valence-electron chi connectivity index (χ2n) is 4.01. The first-order chi connectivity index (χ1) is 9.10. The Bertz CT molecular complexity index is 598. The quantitative estimate of drug-likeness (QED) is 0.869. The minimum atomic E-state index is -0.0285. The van der Waals surface area contributed by atoms with Crippen molar-refractivity contribution in [2.24, 2.45) is 0 Å². The van der Waals surface area contributed by atoms with Crippen LogP contribution in [0, 0.1) is 6.92 Å². The van der Waals surface area contributed by atoms with Gasteiger partial charge in [0.2, 0.25) is 0 Å². The molecule has 6 heteroatoms. The van der Waals surface area contributed by atoms with E-state index in [1.54, 1.807) is 19.1 Å². The molecule has 19 heavy (non-hydrogen) atoms. The van der Waals surface area contributed by atoms with Crippen molar-refractivity contribution in [3.05, 3.63) is 40.7 Å². The van der Waals surface area contributed by atoms with Crippen LogP contribution in [0.5, 0.6) is 0 Å². The fraction of sp³-hybridized carbons (Fsp3) is 0.231. The summed E-state index contributed by atoms with van der Waals surface area (Å²) in [7, 11) is 0. The zero-order chi connectivity index (χ0) is 13.8. The molecule has 0 bridgehead atoms. The largest absolute Gasteiger partial charge is 0.323 e. The predicted molar refractivity (Wildman–Crippen MR) is 73.9 cm³/mol. The SMILES string of the molecule is CCC(=O)c1cnc(Nc2ccc(C)nn2)cc1Cl. The Labute approximate surface area is 116 Å². The lowest BCUT2D eigenvalue weighted by Crippen LogP contribution is -2.02. The van der Waals surface area contributed by atoms with E-state index in [9.17, 15) is 4.79 Å². The van der Waals surface area contributed by atoms with E-state index in [1.165, 1.54) is 6.20 Å². The first kappa shape index (κ1) is 13.4. The van der Waals surface area contributed by atoms with Gasteiger partial charge in [0.1, 0.15) is 5.82 Å².